The Bertz CT molecular complexity index is 472. The number of unbranched alkanes of at least 4 members (excludes halogenated alkanes) is 1. The second-order valence-electron chi connectivity index (χ2n) is 6.23. The fourth-order valence-electron chi connectivity index (χ4n) is 3.18. The normalized spacial score (nSPS) is 22.8. The Morgan fingerprint density at radius 1 is 1.18 bits per heavy atom. The van der Waals surface area contributed by atoms with Crippen LogP contribution in [0.2, 0.25) is 0 Å². The van der Waals surface area contributed by atoms with Gasteiger partial charge in [0, 0.05) is 30.7 Å². The molecule has 0 bridgehead atoms. The topological polar surface area (TPSA) is 60.8 Å². The predicted molar refractivity (Wildman–Crippen MR) is 81.6 cm³/mol. The van der Waals surface area contributed by atoms with E-state index in [0.717, 1.165) is 31.2 Å². The SMILES string of the molecule is CCCCOc1ccc(C2(O)CCC3(CC2)OCCO3)cn1. The molecule has 5 nitrogen and oxygen atoms in total. The fraction of sp³-hybridized carbons (Fsp3) is 0.706. The zero-order valence-corrected chi connectivity index (χ0v) is 13.2. The Hall–Kier alpha value is -1.17. The maximum absolute atomic E-state index is 10.9. The molecular weight excluding hydrogens is 282 g/mol. The number of hydrogen-bond acceptors (Lipinski definition) is 5. The lowest BCUT2D eigenvalue weighted by Gasteiger charge is -2.40. The van der Waals surface area contributed by atoms with Gasteiger partial charge in [-0.25, -0.2) is 4.98 Å². The molecular formula is C17H25NO4. The summed E-state index contributed by atoms with van der Waals surface area (Å²) in [6.45, 7) is 4.13. The van der Waals surface area contributed by atoms with Gasteiger partial charge in [0.1, 0.15) is 0 Å². The van der Waals surface area contributed by atoms with E-state index < -0.39 is 11.4 Å². The summed E-state index contributed by atoms with van der Waals surface area (Å²) in [6.07, 6.45) is 6.56. The van der Waals surface area contributed by atoms with Crippen LogP contribution in [0.15, 0.2) is 18.3 Å². The smallest absolute Gasteiger partial charge is 0.213 e. The molecule has 3 rings (SSSR count). The predicted octanol–water partition coefficient (Wildman–Crippen LogP) is 2.77. The van der Waals surface area contributed by atoms with Gasteiger partial charge < -0.3 is 19.3 Å². The number of aliphatic hydroxyl groups is 1. The number of rotatable bonds is 5. The van der Waals surface area contributed by atoms with E-state index in [1.807, 2.05) is 12.1 Å². The van der Waals surface area contributed by atoms with E-state index in [4.69, 9.17) is 14.2 Å². The van der Waals surface area contributed by atoms with Crippen molar-refractivity contribution in [1.29, 1.82) is 0 Å². The first-order valence-corrected chi connectivity index (χ1v) is 8.25. The van der Waals surface area contributed by atoms with Crippen LogP contribution in [0.5, 0.6) is 5.88 Å². The fourth-order valence-corrected chi connectivity index (χ4v) is 3.18. The van der Waals surface area contributed by atoms with Gasteiger partial charge in [-0.05, 0) is 25.3 Å². The van der Waals surface area contributed by atoms with Crippen LogP contribution in [0.25, 0.3) is 0 Å². The Morgan fingerprint density at radius 3 is 2.50 bits per heavy atom. The third-order valence-electron chi connectivity index (χ3n) is 4.67. The van der Waals surface area contributed by atoms with Crippen molar-refractivity contribution in [2.45, 2.75) is 56.8 Å². The molecule has 0 amide bonds. The van der Waals surface area contributed by atoms with E-state index >= 15 is 0 Å². The number of pyridine rings is 1. The lowest BCUT2D eigenvalue weighted by molar-refractivity contribution is -0.204. The molecule has 1 saturated heterocycles. The van der Waals surface area contributed by atoms with Gasteiger partial charge >= 0.3 is 0 Å². The van der Waals surface area contributed by atoms with Crippen molar-refractivity contribution in [3.8, 4) is 5.88 Å². The van der Waals surface area contributed by atoms with Crippen LogP contribution < -0.4 is 4.74 Å². The van der Waals surface area contributed by atoms with Gasteiger partial charge in [0.15, 0.2) is 5.79 Å². The van der Waals surface area contributed by atoms with E-state index in [1.54, 1.807) is 6.20 Å². The standard InChI is InChI=1S/C17H25NO4/c1-2-3-10-20-15-5-4-14(13-18-15)16(19)6-8-17(9-7-16)21-11-12-22-17/h4-5,13,19H,2-3,6-12H2,1H3. The molecule has 1 saturated carbocycles. The van der Waals surface area contributed by atoms with Gasteiger partial charge in [-0.1, -0.05) is 13.3 Å². The minimum absolute atomic E-state index is 0.455. The van der Waals surface area contributed by atoms with Crippen LogP contribution in [0.1, 0.15) is 51.0 Å². The molecule has 0 radical (unpaired) electrons. The first-order valence-electron chi connectivity index (χ1n) is 8.25. The molecule has 1 aromatic rings. The summed E-state index contributed by atoms with van der Waals surface area (Å²) in [6, 6.07) is 3.76. The minimum atomic E-state index is -0.838. The Labute approximate surface area is 131 Å². The third kappa shape index (κ3) is 3.26. The highest BCUT2D eigenvalue weighted by Gasteiger charge is 2.46. The van der Waals surface area contributed by atoms with Gasteiger partial charge in [0.25, 0.3) is 0 Å². The van der Waals surface area contributed by atoms with Crippen molar-refractivity contribution >= 4 is 0 Å². The van der Waals surface area contributed by atoms with Gasteiger partial charge in [-0.2, -0.15) is 0 Å². The van der Waals surface area contributed by atoms with E-state index in [9.17, 15) is 5.11 Å². The zero-order chi connectivity index (χ0) is 15.5. The van der Waals surface area contributed by atoms with Crippen molar-refractivity contribution < 1.29 is 19.3 Å². The highest BCUT2D eigenvalue weighted by molar-refractivity contribution is 5.24. The van der Waals surface area contributed by atoms with Crippen LogP contribution in [0.4, 0.5) is 0 Å². The molecule has 0 aromatic carbocycles. The molecule has 5 heteroatoms. The van der Waals surface area contributed by atoms with Gasteiger partial charge in [-0.3, -0.25) is 0 Å². The Kier molecular flexibility index (Phi) is 4.66. The van der Waals surface area contributed by atoms with E-state index in [0.29, 0.717) is 38.5 Å². The molecule has 1 aliphatic heterocycles. The number of aromatic nitrogens is 1. The van der Waals surface area contributed by atoms with E-state index in [-0.39, 0.29) is 0 Å². The summed E-state index contributed by atoms with van der Waals surface area (Å²) < 4.78 is 17.0. The van der Waals surface area contributed by atoms with Gasteiger partial charge in [0.05, 0.1) is 25.4 Å². The Balaban J connectivity index is 1.61. The molecule has 1 N–H and O–H groups in total. The zero-order valence-electron chi connectivity index (χ0n) is 13.2. The monoisotopic (exact) mass is 307 g/mol. The van der Waals surface area contributed by atoms with Crippen LogP contribution in [0, 0.1) is 0 Å². The molecule has 0 unspecified atom stereocenters. The highest BCUT2D eigenvalue weighted by atomic mass is 16.7. The third-order valence-corrected chi connectivity index (χ3v) is 4.67. The average molecular weight is 307 g/mol. The molecule has 22 heavy (non-hydrogen) atoms. The van der Waals surface area contributed by atoms with Crippen LogP contribution in [-0.4, -0.2) is 35.7 Å². The maximum Gasteiger partial charge on any atom is 0.213 e. The van der Waals surface area contributed by atoms with Crippen LogP contribution in [0.3, 0.4) is 0 Å². The number of ether oxygens (including phenoxy) is 3. The second-order valence-corrected chi connectivity index (χ2v) is 6.23. The summed E-state index contributed by atoms with van der Waals surface area (Å²) in [4.78, 5) is 4.32. The molecule has 2 aliphatic rings. The number of nitrogens with zero attached hydrogens (tertiary/aromatic N) is 1. The van der Waals surface area contributed by atoms with Crippen LogP contribution >= 0.6 is 0 Å². The summed E-state index contributed by atoms with van der Waals surface area (Å²) in [5.74, 6) is 0.165. The average Bonchev–Trinajstić information content (AvgIpc) is 3.00. The van der Waals surface area contributed by atoms with Crippen molar-refractivity contribution in [3.63, 3.8) is 0 Å². The Morgan fingerprint density at radius 2 is 1.91 bits per heavy atom. The summed E-state index contributed by atoms with van der Waals surface area (Å²) >= 11 is 0. The highest BCUT2D eigenvalue weighted by Crippen LogP contribution is 2.44. The largest absolute Gasteiger partial charge is 0.478 e. The molecule has 1 aliphatic carbocycles. The van der Waals surface area contributed by atoms with Gasteiger partial charge in [0.2, 0.25) is 5.88 Å². The lowest BCUT2D eigenvalue weighted by Crippen LogP contribution is -2.42. The van der Waals surface area contributed by atoms with Crippen molar-refractivity contribution in [2.24, 2.45) is 0 Å². The molecule has 0 atom stereocenters. The first kappa shape index (κ1) is 15.7. The molecule has 1 spiro atoms. The van der Waals surface area contributed by atoms with Crippen molar-refractivity contribution in [3.05, 3.63) is 23.9 Å². The van der Waals surface area contributed by atoms with Crippen molar-refractivity contribution in [1.82, 2.24) is 4.98 Å². The first-order chi connectivity index (χ1) is 10.7. The maximum atomic E-state index is 10.9. The summed E-state index contributed by atoms with van der Waals surface area (Å²) in [5, 5.41) is 10.9. The second kappa shape index (κ2) is 6.52. The van der Waals surface area contributed by atoms with Crippen molar-refractivity contribution in [2.75, 3.05) is 19.8 Å². The number of hydrogen-bond donors (Lipinski definition) is 1. The van der Waals surface area contributed by atoms with Crippen LogP contribution in [-0.2, 0) is 15.1 Å². The molecule has 2 fully saturated rings. The quantitative estimate of drug-likeness (QED) is 0.848. The molecule has 2 heterocycles. The summed E-state index contributed by atoms with van der Waals surface area (Å²) in [7, 11) is 0. The summed E-state index contributed by atoms with van der Waals surface area (Å²) in [5.41, 5.74) is 0.0124. The van der Waals surface area contributed by atoms with Gasteiger partial charge in [-0.15, -0.1) is 0 Å². The molecule has 122 valence electrons. The van der Waals surface area contributed by atoms with E-state index in [2.05, 4.69) is 11.9 Å². The van der Waals surface area contributed by atoms with E-state index in [1.165, 1.54) is 0 Å². The minimum Gasteiger partial charge on any atom is -0.478 e. The lowest BCUT2D eigenvalue weighted by atomic mass is 9.77. The molecule has 1 aromatic heterocycles.